The lowest BCUT2D eigenvalue weighted by Gasteiger charge is -2.31. The van der Waals surface area contributed by atoms with Crippen molar-refractivity contribution < 1.29 is 54.1 Å². The van der Waals surface area contributed by atoms with Gasteiger partial charge in [0.15, 0.2) is 0 Å². The molecule has 3 heterocycles. The smallest absolute Gasteiger partial charge is 0.367 e. The second-order valence-electron chi connectivity index (χ2n) is 4.75. The van der Waals surface area contributed by atoms with Crippen molar-refractivity contribution in [2.45, 2.75) is 42.1 Å². The molecule has 12 heteroatoms. The van der Waals surface area contributed by atoms with Crippen LogP contribution in [0, 0.1) is 0 Å². The topological polar surface area (TPSA) is 43.5 Å². The van der Waals surface area contributed by atoms with Gasteiger partial charge in [-0.15, -0.1) is 0 Å². The Bertz CT molecular complexity index is 414. The van der Waals surface area contributed by atoms with Gasteiger partial charge in [0.25, 0.3) is 0 Å². The van der Waals surface area contributed by atoms with E-state index >= 15 is 0 Å². The summed E-state index contributed by atoms with van der Waals surface area (Å²) < 4.78 is 121. The van der Waals surface area contributed by atoms with Crippen molar-refractivity contribution in [1.82, 2.24) is 0 Å². The second kappa shape index (κ2) is 3.78. The molecule has 0 amide bonds. The van der Waals surface area contributed by atoms with Gasteiger partial charge in [0.05, 0.1) is 13.2 Å². The van der Waals surface area contributed by atoms with E-state index in [9.17, 15) is 35.1 Å². The highest BCUT2D eigenvalue weighted by Gasteiger charge is 2.90. The number of ether oxygens (including phenoxy) is 4. The van der Waals surface area contributed by atoms with Gasteiger partial charge in [-0.25, -0.2) is 8.78 Å². The molecular weight excluding hydrogens is 324 g/mol. The molecule has 0 radical (unpaired) electrons. The molecule has 0 aromatic carbocycles. The maximum atomic E-state index is 14.5. The van der Waals surface area contributed by atoms with E-state index in [1.807, 2.05) is 0 Å². The Morgan fingerprint density at radius 1 is 0.714 bits per heavy atom. The van der Waals surface area contributed by atoms with Gasteiger partial charge in [0.2, 0.25) is 0 Å². The molecule has 0 aliphatic carbocycles. The first kappa shape index (κ1) is 15.2. The van der Waals surface area contributed by atoms with Crippen LogP contribution in [0.4, 0.5) is 35.1 Å². The number of hydrogen-bond acceptors (Lipinski definition) is 4. The van der Waals surface area contributed by atoms with E-state index < -0.39 is 55.3 Å². The normalized spacial score (nSPS) is 45.7. The fraction of sp³-hybridized carbons (Fsp3) is 1.00. The molecule has 3 fully saturated rings. The molecule has 21 heavy (non-hydrogen) atoms. The standard InChI is InChI=1S/C9H6F8O4/c10-5(3-1-18-3)6(11,4-2-19-4)21-7(20-5,8(12,13)14)9(15,16)17/h3-4H,1-2H2/t3?,4?,5-,6-/m0/s1. The Hall–Kier alpha value is -0.720. The minimum absolute atomic E-state index is 0.607. The zero-order valence-corrected chi connectivity index (χ0v) is 9.73. The summed E-state index contributed by atoms with van der Waals surface area (Å²) >= 11 is 0. The zero-order valence-electron chi connectivity index (χ0n) is 9.73. The third-order valence-corrected chi connectivity index (χ3v) is 3.29. The highest BCUT2D eigenvalue weighted by atomic mass is 19.4. The van der Waals surface area contributed by atoms with Crippen molar-refractivity contribution in [3.8, 4) is 0 Å². The van der Waals surface area contributed by atoms with Gasteiger partial charge in [-0.3, -0.25) is 9.47 Å². The first-order valence-corrected chi connectivity index (χ1v) is 5.52. The van der Waals surface area contributed by atoms with Crippen molar-refractivity contribution >= 4 is 0 Å². The summed E-state index contributed by atoms with van der Waals surface area (Å²) in [7, 11) is 0. The third kappa shape index (κ3) is 1.82. The summed E-state index contributed by atoms with van der Waals surface area (Å²) in [5.41, 5.74) is 0. The molecule has 2 unspecified atom stereocenters. The zero-order chi connectivity index (χ0) is 15.9. The highest BCUT2D eigenvalue weighted by molar-refractivity contribution is 5.13. The van der Waals surface area contributed by atoms with Gasteiger partial charge in [-0.05, 0) is 0 Å². The third-order valence-electron chi connectivity index (χ3n) is 3.29. The van der Waals surface area contributed by atoms with Crippen LogP contribution in [0.2, 0.25) is 0 Å². The van der Waals surface area contributed by atoms with E-state index in [4.69, 9.17) is 0 Å². The predicted octanol–water partition coefficient (Wildman–Crippen LogP) is 1.98. The number of alkyl halides is 8. The molecule has 3 aliphatic rings. The Kier molecular flexibility index (Phi) is 2.73. The molecule has 0 aromatic rings. The van der Waals surface area contributed by atoms with Crippen LogP contribution in [0.25, 0.3) is 0 Å². The van der Waals surface area contributed by atoms with E-state index in [-0.39, 0.29) is 0 Å². The van der Waals surface area contributed by atoms with Crippen molar-refractivity contribution in [1.29, 1.82) is 0 Å². The summed E-state index contributed by atoms with van der Waals surface area (Å²) in [5.74, 6) is -13.6. The molecule has 0 N–H and O–H groups in total. The molecule has 122 valence electrons. The maximum absolute atomic E-state index is 14.5. The highest BCUT2D eigenvalue weighted by Crippen LogP contribution is 2.63. The van der Waals surface area contributed by atoms with Crippen LogP contribution in [-0.4, -0.2) is 55.3 Å². The molecule has 3 rings (SSSR count). The lowest BCUT2D eigenvalue weighted by molar-refractivity contribution is -0.459. The maximum Gasteiger partial charge on any atom is 0.453 e. The van der Waals surface area contributed by atoms with Crippen molar-refractivity contribution in [3.63, 3.8) is 0 Å². The molecule has 3 saturated heterocycles. The fourth-order valence-corrected chi connectivity index (χ4v) is 2.07. The molecule has 0 aromatic heterocycles. The van der Waals surface area contributed by atoms with E-state index in [0.29, 0.717) is 0 Å². The quantitative estimate of drug-likeness (QED) is 0.574. The second-order valence-corrected chi connectivity index (χ2v) is 4.75. The van der Waals surface area contributed by atoms with E-state index in [2.05, 4.69) is 18.9 Å². The van der Waals surface area contributed by atoms with Crippen molar-refractivity contribution in [2.75, 3.05) is 13.2 Å². The summed E-state index contributed by atoms with van der Waals surface area (Å²) in [6, 6.07) is 0. The molecular formula is C9H6F8O4. The van der Waals surface area contributed by atoms with Gasteiger partial charge in [-0.1, -0.05) is 0 Å². The van der Waals surface area contributed by atoms with Crippen molar-refractivity contribution in [3.05, 3.63) is 0 Å². The predicted molar refractivity (Wildman–Crippen MR) is 44.2 cm³/mol. The van der Waals surface area contributed by atoms with Gasteiger partial charge in [-0.2, -0.15) is 26.3 Å². The SMILES string of the molecule is FC(F)(F)C1(C(F)(F)F)O[C@@](F)(C2CO2)[C@](F)(C2CO2)O1. The molecule has 0 bridgehead atoms. The lowest BCUT2D eigenvalue weighted by atomic mass is 10.0. The van der Waals surface area contributed by atoms with Gasteiger partial charge < -0.3 is 9.47 Å². The van der Waals surface area contributed by atoms with E-state index in [0.717, 1.165) is 0 Å². The summed E-state index contributed by atoms with van der Waals surface area (Å²) in [4.78, 5) is 0. The van der Waals surface area contributed by atoms with Crippen LogP contribution in [0.15, 0.2) is 0 Å². The first-order valence-electron chi connectivity index (χ1n) is 5.52. The minimum atomic E-state index is -6.26. The van der Waals surface area contributed by atoms with Gasteiger partial charge in [0.1, 0.15) is 12.2 Å². The van der Waals surface area contributed by atoms with Crippen LogP contribution in [0.3, 0.4) is 0 Å². The summed E-state index contributed by atoms with van der Waals surface area (Å²) in [6.07, 6.45) is -16.4. The number of halogens is 8. The molecule has 3 aliphatic heterocycles. The minimum Gasteiger partial charge on any atom is -0.367 e. The van der Waals surface area contributed by atoms with Crippen LogP contribution in [0.1, 0.15) is 0 Å². The molecule has 0 saturated carbocycles. The first-order chi connectivity index (χ1) is 9.37. The van der Waals surface area contributed by atoms with Crippen LogP contribution in [-0.2, 0) is 18.9 Å². The van der Waals surface area contributed by atoms with Crippen molar-refractivity contribution in [2.24, 2.45) is 0 Å². The van der Waals surface area contributed by atoms with E-state index in [1.54, 1.807) is 0 Å². The Morgan fingerprint density at radius 3 is 1.19 bits per heavy atom. The average Bonchev–Trinajstić information content (AvgIpc) is 3.14. The van der Waals surface area contributed by atoms with Gasteiger partial charge in [0, 0.05) is 0 Å². The molecule has 4 nitrogen and oxygen atoms in total. The fourth-order valence-electron chi connectivity index (χ4n) is 2.07. The Morgan fingerprint density at radius 2 is 1.00 bits per heavy atom. The monoisotopic (exact) mass is 330 g/mol. The largest absolute Gasteiger partial charge is 0.453 e. The average molecular weight is 330 g/mol. The van der Waals surface area contributed by atoms with Crippen LogP contribution < -0.4 is 0 Å². The summed E-state index contributed by atoms with van der Waals surface area (Å²) in [6.45, 7) is -1.21. The molecule has 4 atom stereocenters. The number of hydrogen-bond donors (Lipinski definition) is 0. The van der Waals surface area contributed by atoms with Crippen LogP contribution >= 0.6 is 0 Å². The Balaban J connectivity index is 2.09. The summed E-state index contributed by atoms with van der Waals surface area (Å²) in [5, 5.41) is 0. The van der Waals surface area contributed by atoms with Gasteiger partial charge >= 0.3 is 29.8 Å². The number of rotatable bonds is 2. The van der Waals surface area contributed by atoms with E-state index in [1.165, 1.54) is 0 Å². The number of epoxide rings is 2. The lowest BCUT2D eigenvalue weighted by Crippen LogP contribution is -2.59. The Labute approximate surface area is 110 Å². The molecule has 0 spiro atoms. The van der Waals surface area contributed by atoms with Crippen LogP contribution in [0.5, 0.6) is 0 Å².